The summed E-state index contributed by atoms with van der Waals surface area (Å²) in [5, 5.41) is 0.953. The molecule has 2 aromatic rings. The first-order valence-corrected chi connectivity index (χ1v) is 5.34. The lowest BCUT2D eigenvalue weighted by Crippen LogP contribution is -2.15. The summed E-state index contributed by atoms with van der Waals surface area (Å²) in [4.78, 5) is 11.4. The monoisotopic (exact) mass is 227 g/mol. The summed E-state index contributed by atoms with van der Waals surface area (Å²) in [6.45, 7) is 1.81. The number of ether oxygens (including phenoxy) is 1. The average molecular weight is 227 g/mol. The standard InChI is InChI=1S/C14H13NO2/c1-4-10(2)17-12-6-7-13-11(9-12)5-8-14(16)15(13)3/h1,5-10H,2-3H3. The van der Waals surface area contributed by atoms with Crippen LogP contribution in [0.25, 0.3) is 10.9 Å². The molecule has 0 amide bonds. The van der Waals surface area contributed by atoms with E-state index in [1.807, 2.05) is 25.1 Å². The smallest absolute Gasteiger partial charge is 0.250 e. The number of benzene rings is 1. The van der Waals surface area contributed by atoms with Gasteiger partial charge in [0.05, 0.1) is 5.52 Å². The number of rotatable bonds is 2. The van der Waals surface area contributed by atoms with E-state index in [4.69, 9.17) is 11.2 Å². The fourth-order valence-electron chi connectivity index (χ4n) is 1.67. The Morgan fingerprint density at radius 3 is 2.82 bits per heavy atom. The van der Waals surface area contributed by atoms with Crippen molar-refractivity contribution in [3.05, 3.63) is 40.7 Å². The van der Waals surface area contributed by atoms with E-state index >= 15 is 0 Å². The summed E-state index contributed by atoms with van der Waals surface area (Å²) >= 11 is 0. The molecule has 0 spiro atoms. The largest absolute Gasteiger partial charge is 0.478 e. The molecular formula is C14H13NO2. The predicted octanol–water partition coefficient (Wildman–Crippen LogP) is 1.94. The van der Waals surface area contributed by atoms with Crippen LogP contribution in [-0.4, -0.2) is 10.7 Å². The van der Waals surface area contributed by atoms with Crippen LogP contribution in [0.5, 0.6) is 5.75 Å². The maximum atomic E-state index is 11.4. The molecule has 0 aliphatic heterocycles. The van der Waals surface area contributed by atoms with Gasteiger partial charge >= 0.3 is 0 Å². The number of terminal acetylenes is 1. The molecule has 3 nitrogen and oxygen atoms in total. The van der Waals surface area contributed by atoms with E-state index in [9.17, 15) is 4.79 Å². The van der Waals surface area contributed by atoms with Crippen molar-refractivity contribution in [1.29, 1.82) is 0 Å². The van der Waals surface area contributed by atoms with E-state index < -0.39 is 0 Å². The number of hydrogen-bond donors (Lipinski definition) is 0. The molecule has 0 aliphatic rings. The second-order valence-electron chi connectivity index (χ2n) is 3.88. The first-order valence-electron chi connectivity index (χ1n) is 5.34. The first kappa shape index (κ1) is 11.3. The van der Waals surface area contributed by atoms with Crippen LogP contribution in [-0.2, 0) is 7.05 Å². The molecular weight excluding hydrogens is 214 g/mol. The molecule has 1 unspecified atom stereocenters. The number of pyridine rings is 1. The Labute approximate surface area is 99.6 Å². The van der Waals surface area contributed by atoms with Crippen molar-refractivity contribution in [1.82, 2.24) is 4.57 Å². The van der Waals surface area contributed by atoms with Gasteiger partial charge in [0, 0.05) is 18.5 Å². The lowest BCUT2D eigenvalue weighted by molar-refractivity contribution is 0.279. The zero-order valence-electron chi connectivity index (χ0n) is 9.81. The molecule has 1 aromatic heterocycles. The number of nitrogens with zero attached hydrogens (tertiary/aromatic N) is 1. The molecule has 2 rings (SSSR count). The number of aryl methyl sites for hydroxylation is 1. The first-order chi connectivity index (χ1) is 8.11. The van der Waals surface area contributed by atoms with Gasteiger partial charge in [-0.05, 0) is 31.2 Å². The minimum Gasteiger partial charge on any atom is -0.478 e. The van der Waals surface area contributed by atoms with Crippen LogP contribution in [0.4, 0.5) is 0 Å². The molecule has 0 bridgehead atoms. The topological polar surface area (TPSA) is 31.2 Å². The zero-order chi connectivity index (χ0) is 12.4. The van der Waals surface area contributed by atoms with Gasteiger partial charge < -0.3 is 9.30 Å². The van der Waals surface area contributed by atoms with E-state index in [1.54, 1.807) is 17.7 Å². The summed E-state index contributed by atoms with van der Waals surface area (Å²) in [5.41, 5.74) is 0.848. The third-order valence-electron chi connectivity index (χ3n) is 2.64. The highest BCUT2D eigenvalue weighted by Gasteiger charge is 2.03. The normalized spacial score (nSPS) is 12.1. The van der Waals surface area contributed by atoms with Gasteiger partial charge in [-0.15, -0.1) is 6.42 Å². The fourth-order valence-corrected chi connectivity index (χ4v) is 1.67. The van der Waals surface area contributed by atoms with Crippen molar-refractivity contribution in [2.45, 2.75) is 13.0 Å². The number of fused-ring (bicyclic) bond motifs is 1. The van der Waals surface area contributed by atoms with Gasteiger partial charge in [-0.3, -0.25) is 4.79 Å². The van der Waals surface area contributed by atoms with Crippen molar-refractivity contribution >= 4 is 10.9 Å². The molecule has 1 heterocycles. The van der Waals surface area contributed by atoms with E-state index in [0.29, 0.717) is 5.75 Å². The van der Waals surface area contributed by atoms with Crippen LogP contribution in [0.2, 0.25) is 0 Å². The Balaban J connectivity index is 2.50. The van der Waals surface area contributed by atoms with Gasteiger partial charge in [-0.1, -0.05) is 5.92 Å². The van der Waals surface area contributed by atoms with Crippen LogP contribution >= 0.6 is 0 Å². The average Bonchev–Trinajstić information content (AvgIpc) is 2.34. The predicted molar refractivity (Wildman–Crippen MR) is 68.1 cm³/mol. The lowest BCUT2D eigenvalue weighted by atomic mass is 10.2. The molecule has 0 aliphatic carbocycles. The van der Waals surface area contributed by atoms with Crippen LogP contribution in [0.15, 0.2) is 35.1 Å². The highest BCUT2D eigenvalue weighted by Crippen LogP contribution is 2.20. The lowest BCUT2D eigenvalue weighted by Gasteiger charge is -2.10. The molecule has 1 atom stereocenters. The Morgan fingerprint density at radius 1 is 1.35 bits per heavy atom. The van der Waals surface area contributed by atoms with Gasteiger partial charge in [-0.25, -0.2) is 0 Å². The second kappa shape index (κ2) is 4.34. The second-order valence-corrected chi connectivity index (χ2v) is 3.88. The van der Waals surface area contributed by atoms with Crippen LogP contribution in [0, 0.1) is 12.3 Å². The highest BCUT2D eigenvalue weighted by atomic mass is 16.5. The van der Waals surface area contributed by atoms with Crippen LogP contribution < -0.4 is 10.3 Å². The zero-order valence-corrected chi connectivity index (χ0v) is 9.81. The van der Waals surface area contributed by atoms with E-state index in [-0.39, 0.29) is 11.7 Å². The molecule has 17 heavy (non-hydrogen) atoms. The third kappa shape index (κ3) is 2.16. The van der Waals surface area contributed by atoms with Gasteiger partial charge in [0.2, 0.25) is 0 Å². The highest BCUT2D eigenvalue weighted by molar-refractivity contribution is 5.80. The van der Waals surface area contributed by atoms with E-state index in [2.05, 4.69) is 5.92 Å². The van der Waals surface area contributed by atoms with E-state index in [0.717, 1.165) is 10.9 Å². The molecule has 0 fully saturated rings. The molecule has 0 radical (unpaired) electrons. The Bertz CT molecular complexity index is 649. The summed E-state index contributed by atoms with van der Waals surface area (Å²) in [6, 6.07) is 8.87. The van der Waals surface area contributed by atoms with Gasteiger partial charge in [-0.2, -0.15) is 0 Å². The summed E-state index contributed by atoms with van der Waals surface area (Å²) in [6.07, 6.45) is 4.99. The molecule has 0 N–H and O–H groups in total. The fraction of sp³-hybridized carbons (Fsp3) is 0.214. The maximum absolute atomic E-state index is 11.4. The molecule has 0 saturated carbocycles. The van der Waals surface area contributed by atoms with E-state index in [1.165, 1.54) is 6.07 Å². The Morgan fingerprint density at radius 2 is 2.12 bits per heavy atom. The minimum atomic E-state index is -0.264. The molecule has 0 saturated heterocycles. The Kier molecular flexibility index (Phi) is 2.88. The van der Waals surface area contributed by atoms with Crippen molar-refractivity contribution < 1.29 is 4.74 Å². The van der Waals surface area contributed by atoms with Gasteiger partial charge in [0.1, 0.15) is 5.75 Å². The van der Waals surface area contributed by atoms with Crippen molar-refractivity contribution in [3.8, 4) is 18.1 Å². The van der Waals surface area contributed by atoms with Crippen LogP contribution in [0.1, 0.15) is 6.92 Å². The summed E-state index contributed by atoms with van der Waals surface area (Å²) in [7, 11) is 1.75. The number of hydrogen-bond acceptors (Lipinski definition) is 2. The third-order valence-corrected chi connectivity index (χ3v) is 2.64. The molecule has 86 valence electrons. The SMILES string of the molecule is C#CC(C)Oc1ccc2c(ccc(=O)n2C)c1. The number of aromatic nitrogens is 1. The van der Waals surface area contributed by atoms with Crippen molar-refractivity contribution in [2.24, 2.45) is 7.05 Å². The minimum absolute atomic E-state index is 0.0249. The van der Waals surface area contributed by atoms with Gasteiger partial charge in [0.15, 0.2) is 6.10 Å². The molecule has 1 aromatic carbocycles. The van der Waals surface area contributed by atoms with Crippen molar-refractivity contribution in [2.75, 3.05) is 0 Å². The summed E-state index contributed by atoms with van der Waals surface area (Å²) in [5.74, 6) is 3.21. The Hall–Kier alpha value is -2.21. The summed E-state index contributed by atoms with van der Waals surface area (Å²) < 4.78 is 7.12. The quantitative estimate of drug-likeness (QED) is 0.734. The van der Waals surface area contributed by atoms with Gasteiger partial charge in [0.25, 0.3) is 5.56 Å². The maximum Gasteiger partial charge on any atom is 0.250 e. The molecule has 3 heteroatoms. The van der Waals surface area contributed by atoms with Crippen molar-refractivity contribution in [3.63, 3.8) is 0 Å². The van der Waals surface area contributed by atoms with Crippen LogP contribution in [0.3, 0.4) is 0 Å².